The van der Waals surface area contributed by atoms with Crippen LogP contribution < -0.4 is 10.1 Å². The molecule has 128 valence electrons. The van der Waals surface area contributed by atoms with E-state index in [9.17, 15) is 14.7 Å². The maximum absolute atomic E-state index is 12.6. The van der Waals surface area contributed by atoms with E-state index in [0.717, 1.165) is 17.9 Å². The number of urea groups is 1. The largest absolute Gasteiger partial charge is 0.504 e. The zero-order chi connectivity index (χ0) is 17.3. The number of rotatable bonds is 3. The van der Waals surface area contributed by atoms with Crippen molar-refractivity contribution in [2.24, 2.45) is 11.0 Å². The summed E-state index contributed by atoms with van der Waals surface area (Å²) < 4.78 is 4.97. The molecule has 1 aromatic carbocycles. The van der Waals surface area contributed by atoms with Crippen molar-refractivity contribution in [2.45, 2.75) is 38.1 Å². The Morgan fingerprint density at radius 3 is 2.71 bits per heavy atom. The Hall–Kier alpha value is -2.57. The quantitative estimate of drug-likeness (QED) is 0.656. The van der Waals surface area contributed by atoms with Gasteiger partial charge in [-0.25, -0.2) is 4.79 Å². The molecule has 0 bridgehead atoms. The number of carbonyl (C=O) groups is 2. The molecule has 1 saturated heterocycles. The van der Waals surface area contributed by atoms with Gasteiger partial charge in [0.15, 0.2) is 11.5 Å². The summed E-state index contributed by atoms with van der Waals surface area (Å²) in [6.07, 6.45) is 4.50. The van der Waals surface area contributed by atoms with Crippen LogP contribution in [0.15, 0.2) is 23.3 Å². The lowest BCUT2D eigenvalue weighted by atomic mass is 9.77. The smallest absolute Gasteiger partial charge is 0.346 e. The lowest BCUT2D eigenvalue weighted by molar-refractivity contribution is -0.132. The van der Waals surface area contributed by atoms with Crippen LogP contribution in [0, 0.1) is 5.92 Å². The Balaban J connectivity index is 1.76. The minimum absolute atomic E-state index is 0.0311. The van der Waals surface area contributed by atoms with Gasteiger partial charge in [-0.2, -0.15) is 5.10 Å². The second-order valence-electron chi connectivity index (χ2n) is 6.49. The number of hydrogen-bond acceptors (Lipinski definition) is 5. The van der Waals surface area contributed by atoms with Gasteiger partial charge in [-0.3, -0.25) is 4.79 Å². The minimum Gasteiger partial charge on any atom is -0.504 e. The molecular formula is C17H21N3O4. The van der Waals surface area contributed by atoms with Crippen LogP contribution in [0.3, 0.4) is 0 Å². The molecule has 0 aromatic heterocycles. The number of hydrogen-bond donors (Lipinski definition) is 2. The Morgan fingerprint density at radius 1 is 1.38 bits per heavy atom. The standard InChI is InChI=1S/C17H21N3O4/c1-11-5-7-17(8-6-11)15(22)20(16(23)19-17)18-10-12-3-4-14(24-2)13(21)9-12/h3-4,9-11,21H,5-8H2,1-2H3,(H,19,23)/b18-10-. The Labute approximate surface area is 140 Å². The summed E-state index contributed by atoms with van der Waals surface area (Å²) in [6.45, 7) is 2.15. The summed E-state index contributed by atoms with van der Waals surface area (Å²) in [4.78, 5) is 24.8. The van der Waals surface area contributed by atoms with Gasteiger partial charge in [0.1, 0.15) is 5.54 Å². The molecule has 2 fully saturated rings. The molecule has 1 aromatic rings. The van der Waals surface area contributed by atoms with Crippen molar-refractivity contribution in [3.05, 3.63) is 23.8 Å². The fraction of sp³-hybridized carbons (Fsp3) is 0.471. The molecule has 1 saturated carbocycles. The second kappa shape index (κ2) is 6.14. The zero-order valence-electron chi connectivity index (χ0n) is 13.8. The summed E-state index contributed by atoms with van der Waals surface area (Å²) >= 11 is 0. The normalized spacial score (nSPS) is 27.1. The molecule has 7 nitrogen and oxygen atoms in total. The van der Waals surface area contributed by atoms with Gasteiger partial charge < -0.3 is 15.2 Å². The van der Waals surface area contributed by atoms with E-state index < -0.39 is 11.6 Å². The van der Waals surface area contributed by atoms with E-state index >= 15 is 0 Å². The van der Waals surface area contributed by atoms with E-state index in [2.05, 4.69) is 17.3 Å². The fourth-order valence-corrected chi connectivity index (χ4v) is 3.22. The van der Waals surface area contributed by atoms with Crippen molar-refractivity contribution in [2.75, 3.05) is 7.11 Å². The third-order valence-electron chi connectivity index (χ3n) is 4.79. The number of carbonyl (C=O) groups excluding carboxylic acids is 2. The maximum Gasteiger partial charge on any atom is 0.346 e. The SMILES string of the molecule is COc1ccc(/C=N\N2C(=O)NC3(CCC(C)CC3)C2=O)cc1O. The predicted molar refractivity (Wildman–Crippen MR) is 88.0 cm³/mol. The maximum atomic E-state index is 12.6. The molecule has 3 amide bonds. The Bertz CT molecular complexity index is 693. The van der Waals surface area contributed by atoms with Gasteiger partial charge in [0, 0.05) is 0 Å². The van der Waals surface area contributed by atoms with Gasteiger partial charge >= 0.3 is 6.03 Å². The van der Waals surface area contributed by atoms with Crippen molar-refractivity contribution in [1.29, 1.82) is 0 Å². The van der Waals surface area contributed by atoms with Gasteiger partial charge in [0.25, 0.3) is 5.91 Å². The fourth-order valence-electron chi connectivity index (χ4n) is 3.22. The van der Waals surface area contributed by atoms with Gasteiger partial charge in [-0.1, -0.05) is 6.92 Å². The number of ether oxygens (including phenoxy) is 1. The zero-order valence-corrected chi connectivity index (χ0v) is 13.8. The van der Waals surface area contributed by atoms with E-state index in [4.69, 9.17) is 4.74 Å². The molecule has 1 aliphatic carbocycles. The number of aromatic hydroxyl groups is 1. The van der Waals surface area contributed by atoms with E-state index in [-0.39, 0.29) is 11.7 Å². The van der Waals surface area contributed by atoms with Crippen molar-refractivity contribution < 1.29 is 19.4 Å². The summed E-state index contributed by atoms with van der Waals surface area (Å²) in [7, 11) is 1.46. The first-order chi connectivity index (χ1) is 11.4. The monoisotopic (exact) mass is 331 g/mol. The first kappa shape index (κ1) is 16.3. The lowest BCUT2D eigenvalue weighted by Gasteiger charge is -2.33. The number of phenolic OH excluding ortho intramolecular Hbond substituents is 1. The van der Waals surface area contributed by atoms with Gasteiger partial charge in [0.05, 0.1) is 13.3 Å². The minimum atomic E-state index is -0.803. The van der Waals surface area contributed by atoms with Gasteiger partial charge in [-0.15, -0.1) is 5.01 Å². The molecule has 0 atom stereocenters. The van der Waals surface area contributed by atoms with Crippen LogP contribution in [0.4, 0.5) is 4.79 Å². The molecule has 1 spiro atoms. The van der Waals surface area contributed by atoms with Gasteiger partial charge in [0.2, 0.25) is 0 Å². The van der Waals surface area contributed by atoms with Crippen LogP contribution in [-0.4, -0.2) is 40.9 Å². The first-order valence-electron chi connectivity index (χ1n) is 8.03. The van der Waals surface area contributed by atoms with E-state index in [1.54, 1.807) is 12.1 Å². The summed E-state index contributed by atoms with van der Waals surface area (Å²) in [5.74, 6) is 0.586. The highest BCUT2D eigenvalue weighted by molar-refractivity contribution is 6.07. The number of nitrogens with zero attached hydrogens (tertiary/aromatic N) is 2. The summed E-state index contributed by atoms with van der Waals surface area (Å²) in [5.41, 5.74) is -0.240. The summed E-state index contributed by atoms with van der Waals surface area (Å²) in [5, 5.41) is 17.5. The van der Waals surface area contributed by atoms with Gasteiger partial charge in [-0.05, 0) is 55.4 Å². The number of hydrazone groups is 1. The average Bonchev–Trinajstić information content (AvgIpc) is 2.79. The predicted octanol–water partition coefficient (Wildman–Crippen LogP) is 2.24. The lowest BCUT2D eigenvalue weighted by Crippen LogP contribution is -2.49. The average molecular weight is 331 g/mol. The third-order valence-corrected chi connectivity index (χ3v) is 4.79. The van der Waals surface area contributed by atoms with Crippen molar-refractivity contribution in [3.63, 3.8) is 0 Å². The molecule has 24 heavy (non-hydrogen) atoms. The second-order valence-corrected chi connectivity index (χ2v) is 6.49. The molecule has 2 N–H and O–H groups in total. The molecule has 0 radical (unpaired) electrons. The van der Waals surface area contributed by atoms with Crippen LogP contribution >= 0.6 is 0 Å². The molecule has 1 heterocycles. The molecule has 0 unspecified atom stereocenters. The van der Waals surface area contributed by atoms with Crippen LogP contribution in [0.1, 0.15) is 38.2 Å². The highest BCUT2D eigenvalue weighted by Gasteiger charge is 2.52. The number of phenols is 1. The van der Waals surface area contributed by atoms with E-state index in [0.29, 0.717) is 30.1 Å². The number of imide groups is 1. The van der Waals surface area contributed by atoms with E-state index in [1.165, 1.54) is 19.4 Å². The highest BCUT2D eigenvalue weighted by Crippen LogP contribution is 2.36. The number of amides is 3. The topological polar surface area (TPSA) is 91.2 Å². The van der Waals surface area contributed by atoms with Crippen molar-refractivity contribution >= 4 is 18.2 Å². The van der Waals surface area contributed by atoms with E-state index in [1.807, 2.05) is 0 Å². The van der Waals surface area contributed by atoms with Crippen LogP contribution in [-0.2, 0) is 4.79 Å². The molecule has 7 heteroatoms. The first-order valence-corrected chi connectivity index (χ1v) is 8.03. The Morgan fingerprint density at radius 2 is 2.08 bits per heavy atom. The van der Waals surface area contributed by atoms with Crippen molar-refractivity contribution in [1.82, 2.24) is 10.3 Å². The molecule has 2 aliphatic rings. The van der Waals surface area contributed by atoms with Crippen LogP contribution in [0.2, 0.25) is 0 Å². The molecular weight excluding hydrogens is 310 g/mol. The third kappa shape index (κ3) is 2.81. The highest BCUT2D eigenvalue weighted by atomic mass is 16.5. The number of methoxy groups -OCH3 is 1. The Kier molecular flexibility index (Phi) is 4.17. The summed E-state index contributed by atoms with van der Waals surface area (Å²) in [6, 6.07) is 4.23. The van der Waals surface area contributed by atoms with Crippen molar-refractivity contribution in [3.8, 4) is 11.5 Å². The molecule has 1 aliphatic heterocycles. The van der Waals surface area contributed by atoms with Crippen LogP contribution in [0.25, 0.3) is 0 Å². The number of nitrogens with one attached hydrogen (secondary N) is 1. The van der Waals surface area contributed by atoms with Crippen LogP contribution in [0.5, 0.6) is 11.5 Å². The molecule has 3 rings (SSSR count). The number of benzene rings is 1.